The zero-order valence-electron chi connectivity index (χ0n) is 13.8. The van der Waals surface area contributed by atoms with Crippen LogP contribution < -0.4 is 5.32 Å². The highest BCUT2D eigenvalue weighted by atomic mass is 35.5. The summed E-state index contributed by atoms with van der Waals surface area (Å²) in [5, 5.41) is 5.15. The lowest BCUT2D eigenvalue weighted by molar-refractivity contribution is -0.113. The quantitative estimate of drug-likeness (QED) is 0.689. The van der Waals surface area contributed by atoms with Gasteiger partial charge in [0.05, 0.1) is 10.6 Å². The lowest BCUT2D eigenvalue weighted by Gasteiger charge is -2.04. The number of carbonyl (C=O) groups is 1. The van der Waals surface area contributed by atoms with Crippen LogP contribution in [0.15, 0.2) is 58.8 Å². The molecule has 0 spiro atoms. The molecule has 1 N–H and O–H groups in total. The Morgan fingerprint density at radius 2 is 1.77 bits per heavy atom. The SMILES string of the molecule is Cc1ccc(-c2csc(NC(=O)CS(=O)(=O)c3ccc(Cl)cc3)n2)cc1. The number of thiazole rings is 1. The molecular formula is C18H15ClN2O3S2. The van der Waals surface area contributed by atoms with Gasteiger partial charge in [0.2, 0.25) is 5.91 Å². The second-order valence-corrected chi connectivity index (χ2v) is 8.95. The lowest BCUT2D eigenvalue weighted by Crippen LogP contribution is -2.22. The maximum atomic E-state index is 12.3. The molecule has 2 aromatic carbocycles. The van der Waals surface area contributed by atoms with Gasteiger partial charge in [-0.25, -0.2) is 13.4 Å². The molecule has 0 aliphatic rings. The summed E-state index contributed by atoms with van der Waals surface area (Å²) in [6, 6.07) is 13.6. The van der Waals surface area contributed by atoms with Gasteiger partial charge in [-0.3, -0.25) is 4.79 Å². The third-order valence-electron chi connectivity index (χ3n) is 3.59. The Morgan fingerprint density at radius 1 is 1.12 bits per heavy atom. The fraction of sp³-hybridized carbons (Fsp3) is 0.111. The number of aromatic nitrogens is 1. The summed E-state index contributed by atoms with van der Waals surface area (Å²) in [6.07, 6.45) is 0. The van der Waals surface area contributed by atoms with Crippen molar-refractivity contribution in [3.63, 3.8) is 0 Å². The van der Waals surface area contributed by atoms with Crippen molar-refractivity contribution < 1.29 is 13.2 Å². The largest absolute Gasteiger partial charge is 0.301 e. The number of anilines is 1. The van der Waals surface area contributed by atoms with Gasteiger partial charge in [-0.1, -0.05) is 41.4 Å². The fourth-order valence-electron chi connectivity index (χ4n) is 2.24. The van der Waals surface area contributed by atoms with Crippen molar-refractivity contribution in [1.82, 2.24) is 4.98 Å². The van der Waals surface area contributed by atoms with E-state index >= 15 is 0 Å². The number of hydrogen-bond donors (Lipinski definition) is 1. The molecule has 0 fully saturated rings. The molecule has 0 aliphatic heterocycles. The normalized spacial score (nSPS) is 11.3. The fourth-order valence-corrected chi connectivity index (χ4v) is 4.24. The molecule has 26 heavy (non-hydrogen) atoms. The van der Waals surface area contributed by atoms with E-state index in [9.17, 15) is 13.2 Å². The molecule has 3 aromatic rings. The van der Waals surface area contributed by atoms with Gasteiger partial charge in [0.25, 0.3) is 0 Å². The third-order valence-corrected chi connectivity index (χ3v) is 6.23. The first-order valence-corrected chi connectivity index (χ1v) is 10.6. The Morgan fingerprint density at radius 3 is 2.42 bits per heavy atom. The predicted octanol–water partition coefficient (Wildman–Crippen LogP) is 4.18. The van der Waals surface area contributed by atoms with Gasteiger partial charge in [-0.05, 0) is 31.2 Å². The van der Waals surface area contributed by atoms with Crippen LogP contribution in [0.5, 0.6) is 0 Å². The molecule has 5 nitrogen and oxygen atoms in total. The van der Waals surface area contributed by atoms with E-state index in [2.05, 4.69) is 10.3 Å². The maximum absolute atomic E-state index is 12.3. The summed E-state index contributed by atoms with van der Waals surface area (Å²) in [5.41, 5.74) is 2.80. The van der Waals surface area contributed by atoms with E-state index in [1.807, 2.05) is 36.6 Å². The average Bonchev–Trinajstić information content (AvgIpc) is 3.03. The van der Waals surface area contributed by atoms with Gasteiger partial charge in [0, 0.05) is 16.0 Å². The highest BCUT2D eigenvalue weighted by molar-refractivity contribution is 7.92. The Balaban J connectivity index is 1.68. The van der Waals surface area contributed by atoms with Crippen LogP contribution in [0.1, 0.15) is 5.56 Å². The third kappa shape index (κ3) is 4.49. The Bertz CT molecular complexity index is 1030. The van der Waals surface area contributed by atoms with Crippen molar-refractivity contribution in [1.29, 1.82) is 0 Å². The van der Waals surface area contributed by atoms with E-state index in [1.165, 1.54) is 35.6 Å². The zero-order valence-corrected chi connectivity index (χ0v) is 16.2. The minimum Gasteiger partial charge on any atom is -0.301 e. The zero-order chi connectivity index (χ0) is 18.7. The standard InChI is InChI=1S/C18H15ClN2O3S2/c1-12-2-4-13(5-3-12)16-10-25-18(20-16)21-17(22)11-26(23,24)15-8-6-14(19)7-9-15/h2-10H,11H2,1H3,(H,20,21,22). The number of halogens is 1. The number of amides is 1. The smallest absolute Gasteiger partial charge is 0.241 e. The number of aryl methyl sites for hydroxylation is 1. The molecule has 1 aromatic heterocycles. The molecule has 8 heteroatoms. The molecule has 0 aliphatic carbocycles. The topological polar surface area (TPSA) is 76.1 Å². The van der Waals surface area contributed by atoms with E-state index in [4.69, 9.17) is 11.6 Å². The van der Waals surface area contributed by atoms with Crippen molar-refractivity contribution in [2.24, 2.45) is 0 Å². The average molecular weight is 407 g/mol. The van der Waals surface area contributed by atoms with E-state index in [1.54, 1.807) is 0 Å². The molecule has 0 saturated heterocycles. The summed E-state index contributed by atoms with van der Waals surface area (Å²) >= 11 is 7.00. The Kier molecular flexibility index (Phi) is 5.41. The van der Waals surface area contributed by atoms with E-state index < -0.39 is 21.5 Å². The molecule has 0 saturated carbocycles. The number of carbonyl (C=O) groups excluding carboxylic acids is 1. The summed E-state index contributed by atoms with van der Waals surface area (Å²) in [6.45, 7) is 2.00. The molecule has 0 unspecified atom stereocenters. The van der Waals surface area contributed by atoms with Crippen LogP contribution in [0, 0.1) is 6.92 Å². The molecule has 3 rings (SSSR count). The molecule has 134 valence electrons. The second-order valence-electron chi connectivity index (χ2n) is 5.67. The maximum Gasteiger partial charge on any atom is 0.241 e. The van der Waals surface area contributed by atoms with Crippen LogP contribution in [-0.4, -0.2) is 25.1 Å². The van der Waals surface area contributed by atoms with Gasteiger partial charge in [0.1, 0.15) is 5.75 Å². The van der Waals surface area contributed by atoms with E-state index in [0.717, 1.165) is 16.8 Å². The van der Waals surface area contributed by atoms with Gasteiger partial charge < -0.3 is 5.32 Å². The Labute approximate surface area is 160 Å². The number of hydrogen-bond acceptors (Lipinski definition) is 5. The minimum absolute atomic E-state index is 0.0523. The first-order valence-electron chi connectivity index (χ1n) is 7.64. The number of rotatable bonds is 5. The van der Waals surface area contributed by atoms with Crippen LogP contribution in [-0.2, 0) is 14.6 Å². The monoisotopic (exact) mass is 406 g/mol. The second kappa shape index (κ2) is 7.57. The van der Waals surface area contributed by atoms with Gasteiger partial charge in [0.15, 0.2) is 15.0 Å². The summed E-state index contributed by atoms with van der Waals surface area (Å²) in [5.74, 6) is -1.29. The highest BCUT2D eigenvalue weighted by Gasteiger charge is 2.20. The van der Waals surface area contributed by atoms with Crippen molar-refractivity contribution in [2.75, 3.05) is 11.1 Å². The lowest BCUT2D eigenvalue weighted by atomic mass is 10.1. The van der Waals surface area contributed by atoms with E-state index in [0.29, 0.717) is 10.2 Å². The highest BCUT2D eigenvalue weighted by Crippen LogP contribution is 2.25. The van der Waals surface area contributed by atoms with Crippen molar-refractivity contribution in [3.8, 4) is 11.3 Å². The van der Waals surface area contributed by atoms with Gasteiger partial charge in [-0.2, -0.15) is 0 Å². The molecule has 0 atom stereocenters. The molecule has 0 bridgehead atoms. The van der Waals surface area contributed by atoms with Gasteiger partial charge >= 0.3 is 0 Å². The van der Waals surface area contributed by atoms with E-state index in [-0.39, 0.29) is 4.90 Å². The summed E-state index contributed by atoms with van der Waals surface area (Å²) in [7, 11) is -3.74. The first-order chi connectivity index (χ1) is 12.3. The molecule has 1 heterocycles. The van der Waals surface area contributed by atoms with Crippen LogP contribution in [0.25, 0.3) is 11.3 Å². The van der Waals surface area contributed by atoms with Crippen LogP contribution in [0.4, 0.5) is 5.13 Å². The predicted molar refractivity (Wildman–Crippen MR) is 104 cm³/mol. The summed E-state index contributed by atoms with van der Waals surface area (Å²) in [4.78, 5) is 16.5. The van der Waals surface area contributed by atoms with Crippen molar-refractivity contribution >= 4 is 43.8 Å². The van der Waals surface area contributed by atoms with Crippen LogP contribution in [0.2, 0.25) is 5.02 Å². The first kappa shape index (κ1) is 18.6. The summed E-state index contributed by atoms with van der Waals surface area (Å²) < 4.78 is 24.6. The minimum atomic E-state index is -3.74. The van der Waals surface area contributed by atoms with Crippen LogP contribution >= 0.6 is 22.9 Å². The van der Waals surface area contributed by atoms with Crippen molar-refractivity contribution in [2.45, 2.75) is 11.8 Å². The molecule has 0 radical (unpaired) electrons. The number of sulfone groups is 1. The molecular weight excluding hydrogens is 392 g/mol. The van der Waals surface area contributed by atoms with Crippen molar-refractivity contribution in [3.05, 3.63) is 64.5 Å². The Hall–Kier alpha value is -2.22. The number of nitrogens with zero attached hydrogens (tertiary/aromatic N) is 1. The number of nitrogens with one attached hydrogen (secondary N) is 1. The van der Waals surface area contributed by atoms with Crippen LogP contribution in [0.3, 0.4) is 0 Å². The number of benzene rings is 2. The molecule has 1 amide bonds. The van der Waals surface area contributed by atoms with Gasteiger partial charge in [-0.15, -0.1) is 11.3 Å².